The molecule has 1 saturated heterocycles. The van der Waals surface area contributed by atoms with E-state index >= 15 is 0 Å². The Kier molecular flexibility index (Phi) is 12.0. The van der Waals surface area contributed by atoms with E-state index in [9.17, 15) is 0 Å². The van der Waals surface area contributed by atoms with E-state index in [4.69, 9.17) is 14.5 Å². The van der Waals surface area contributed by atoms with Crippen LogP contribution in [-0.4, -0.2) is 63.5 Å². The third-order valence-corrected chi connectivity index (χ3v) is 4.20. The number of aliphatic imine (C=N–C) groups is 1. The van der Waals surface area contributed by atoms with Crippen molar-refractivity contribution in [2.24, 2.45) is 4.99 Å². The maximum Gasteiger partial charge on any atom is 0.193 e. The fourth-order valence-corrected chi connectivity index (χ4v) is 2.84. The summed E-state index contributed by atoms with van der Waals surface area (Å²) in [4.78, 5) is 7.18. The molecular formula is C18H37N3O2. The summed E-state index contributed by atoms with van der Waals surface area (Å²) in [5, 5.41) is 3.44. The van der Waals surface area contributed by atoms with Gasteiger partial charge in [-0.05, 0) is 32.6 Å². The molecule has 1 aliphatic heterocycles. The maximum absolute atomic E-state index is 5.93. The van der Waals surface area contributed by atoms with Crippen LogP contribution in [0, 0.1) is 0 Å². The molecular weight excluding hydrogens is 290 g/mol. The number of hydrogen-bond donors (Lipinski definition) is 1. The molecule has 23 heavy (non-hydrogen) atoms. The molecule has 1 rings (SSSR count). The second kappa shape index (κ2) is 13.6. The summed E-state index contributed by atoms with van der Waals surface area (Å²) >= 11 is 0. The number of unbranched alkanes of at least 4 members (excludes halogenated alkanes) is 3. The second-order valence-corrected chi connectivity index (χ2v) is 6.20. The lowest BCUT2D eigenvalue weighted by Crippen LogP contribution is -2.47. The quantitative estimate of drug-likeness (QED) is 0.360. The first-order valence-electron chi connectivity index (χ1n) is 9.45. The average molecular weight is 328 g/mol. The monoisotopic (exact) mass is 327 g/mol. The maximum atomic E-state index is 5.93. The summed E-state index contributed by atoms with van der Waals surface area (Å²) < 4.78 is 11.0. The molecule has 0 aromatic carbocycles. The Balaban J connectivity index is 2.28. The van der Waals surface area contributed by atoms with Gasteiger partial charge < -0.3 is 19.7 Å². The second-order valence-electron chi connectivity index (χ2n) is 6.20. The first-order valence-corrected chi connectivity index (χ1v) is 9.45. The molecule has 0 unspecified atom stereocenters. The summed E-state index contributed by atoms with van der Waals surface area (Å²) in [5.74, 6) is 1.09. The van der Waals surface area contributed by atoms with E-state index in [0.29, 0.717) is 6.10 Å². The molecule has 0 aliphatic carbocycles. The SMILES string of the molecule is CCCCCCN=C(NCC)N1CCC(OCCCOC)CC1. The Hall–Kier alpha value is -0.810. The third-order valence-electron chi connectivity index (χ3n) is 4.20. The average Bonchev–Trinajstić information content (AvgIpc) is 2.58. The molecule has 0 bridgehead atoms. The van der Waals surface area contributed by atoms with Crippen molar-refractivity contribution < 1.29 is 9.47 Å². The molecule has 0 spiro atoms. The molecule has 0 radical (unpaired) electrons. The number of nitrogens with one attached hydrogen (secondary N) is 1. The molecule has 1 fully saturated rings. The molecule has 1 heterocycles. The molecule has 136 valence electrons. The van der Waals surface area contributed by atoms with Crippen LogP contribution in [0.4, 0.5) is 0 Å². The zero-order chi connectivity index (χ0) is 16.8. The first kappa shape index (κ1) is 20.2. The van der Waals surface area contributed by atoms with Gasteiger partial charge in [-0.25, -0.2) is 0 Å². The van der Waals surface area contributed by atoms with Crippen LogP contribution < -0.4 is 5.32 Å². The van der Waals surface area contributed by atoms with Crippen LogP contribution in [0.1, 0.15) is 58.8 Å². The summed E-state index contributed by atoms with van der Waals surface area (Å²) in [5.41, 5.74) is 0. The molecule has 0 saturated carbocycles. The summed E-state index contributed by atoms with van der Waals surface area (Å²) in [7, 11) is 1.74. The van der Waals surface area contributed by atoms with Crippen LogP contribution in [-0.2, 0) is 9.47 Å². The number of hydrogen-bond acceptors (Lipinski definition) is 3. The normalized spacial score (nSPS) is 16.8. The van der Waals surface area contributed by atoms with Crippen LogP contribution in [0.3, 0.4) is 0 Å². The fraction of sp³-hybridized carbons (Fsp3) is 0.944. The summed E-state index contributed by atoms with van der Waals surface area (Å²) in [6.45, 7) is 9.92. The van der Waals surface area contributed by atoms with Gasteiger partial charge in [-0.3, -0.25) is 4.99 Å². The summed E-state index contributed by atoms with van der Waals surface area (Å²) in [6.07, 6.45) is 8.65. The van der Waals surface area contributed by atoms with Gasteiger partial charge in [-0.15, -0.1) is 0 Å². The van der Waals surface area contributed by atoms with E-state index in [2.05, 4.69) is 24.1 Å². The van der Waals surface area contributed by atoms with Crippen molar-refractivity contribution in [2.75, 3.05) is 46.5 Å². The van der Waals surface area contributed by atoms with Crippen molar-refractivity contribution in [2.45, 2.75) is 64.9 Å². The third kappa shape index (κ3) is 9.16. The summed E-state index contributed by atoms with van der Waals surface area (Å²) in [6, 6.07) is 0. The molecule has 1 aliphatic rings. The van der Waals surface area contributed by atoms with Crippen LogP contribution in [0.15, 0.2) is 4.99 Å². The molecule has 5 heteroatoms. The van der Waals surface area contributed by atoms with Crippen molar-refractivity contribution in [1.29, 1.82) is 0 Å². The lowest BCUT2D eigenvalue weighted by Gasteiger charge is -2.34. The van der Waals surface area contributed by atoms with E-state index in [0.717, 1.165) is 64.6 Å². The largest absolute Gasteiger partial charge is 0.385 e. The topological polar surface area (TPSA) is 46.1 Å². The van der Waals surface area contributed by atoms with Gasteiger partial charge >= 0.3 is 0 Å². The van der Waals surface area contributed by atoms with Gasteiger partial charge in [0.2, 0.25) is 0 Å². The standard InChI is InChI=1S/C18H37N3O2/c1-4-6-7-8-12-20-18(19-5-2)21-13-10-17(11-14-21)23-16-9-15-22-3/h17H,4-16H2,1-3H3,(H,19,20). The van der Waals surface area contributed by atoms with Gasteiger partial charge in [0.25, 0.3) is 0 Å². The highest BCUT2D eigenvalue weighted by Gasteiger charge is 2.21. The van der Waals surface area contributed by atoms with Gasteiger partial charge in [0.05, 0.1) is 6.10 Å². The number of piperidine rings is 1. The minimum absolute atomic E-state index is 0.399. The van der Waals surface area contributed by atoms with Gasteiger partial charge in [-0.1, -0.05) is 26.2 Å². The van der Waals surface area contributed by atoms with Crippen LogP contribution in [0.2, 0.25) is 0 Å². The molecule has 0 amide bonds. The number of rotatable bonds is 11. The van der Waals surface area contributed by atoms with Gasteiger partial charge in [0, 0.05) is 46.5 Å². The Labute approximate surface area is 142 Å². The zero-order valence-corrected chi connectivity index (χ0v) is 15.5. The van der Waals surface area contributed by atoms with Gasteiger partial charge in [0.15, 0.2) is 5.96 Å². The minimum Gasteiger partial charge on any atom is -0.385 e. The first-order chi connectivity index (χ1) is 11.3. The molecule has 5 nitrogen and oxygen atoms in total. The van der Waals surface area contributed by atoms with E-state index < -0.39 is 0 Å². The van der Waals surface area contributed by atoms with Crippen molar-refractivity contribution in [1.82, 2.24) is 10.2 Å². The van der Waals surface area contributed by atoms with E-state index in [1.807, 2.05) is 0 Å². The van der Waals surface area contributed by atoms with Crippen LogP contribution in [0.5, 0.6) is 0 Å². The highest BCUT2D eigenvalue weighted by atomic mass is 16.5. The Morgan fingerprint density at radius 1 is 1.09 bits per heavy atom. The number of ether oxygens (including phenoxy) is 2. The van der Waals surface area contributed by atoms with Gasteiger partial charge in [-0.2, -0.15) is 0 Å². The lowest BCUT2D eigenvalue weighted by atomic mass is 10.1. The van der Waals surface area contributed by atoms with E-state index in [-0.39, 0.29) is 0 Å². The molecule has 1 N–H and O–H groups in total. The highest BCUT2D eigenvalue weighted by Crippen LogP contribution is 2.14. The van der Waals surface area contributed by atoms with E-state index in [1.54, 1.807) is 7.11 Å². The smallest absolute Gasteiger partial charge is 0.193 e. The van der Waals surface area contributed by atoms with Crippen molar-refractivity contribution in [3.8, 4) is 0 Å². The van der Waals surface area contributed by atoms with Crippen molar-refractivity contribution >= 4 is 5.96 Å². The number of likely N-dealkylation sites (tertiary alicyclic amines) is 1. The number of nitrogens with zero attached hydrogens (tertiary/aromatic N) is 2. The van der Waals surface area contributed by atoms with Crippen molar-refractivity contribution in [3.63, 3.8) is 0 Å². The molecule has 0 aromatic heterocycles. The number of guanidine groups is 1. The molecule has 0 aromatic rings. The highest BCUT2D eigenvalue weighted by molar-refractivity contribution is 5.80. The van der Waals surface area contributed by atoms with E-state index in [1.165, 1.54) is 25.7 Å². The Morgan fingerprint density at radius 2 is 1.87 bits per heavy atom. The van der Waals surface area contributed by atoms with Crippen LogP contribution >= 0.6 is 0 Å². The fourth-order valence-electron chi connectivity index (χ4n) is 2.84. The zero-order valence-electron chi connectivity index (χ0n) is 15.5. The lowest BCUT2D eigenvalue weighted by molar-refractivity contribution is 0.00990. The Morgan fingerprint density at radius 3 is 2.52 bits per heavy atom. The van der Waals surface area contributed by atoms with Crippen LogP contribution in [0.25, 0.3) is 0 Å². The molecule has 0 atom stereocenters. The Bertz CT molecular complexity index is 303. The van der Waals surface area contributed by atoms with Gasteiger partial charge in [0.1, 0.15) is 0 Å². The minimum atomic E-state index is 0.399. The number of methoxy groups -OCH3 is 1. The predicted octanol–water partition coefficient (Wildman–Crippen LogP) is 3.05. The predicted molar refractivity (Wildman–Crippen MR) is 97.2 cm³/mol. The van der Waals surface area contributed by atoms with Crippen molar-refractivity contribution in [3.05, 3.63) is 0 Å².